The van der Waals surface area contributed by atoms with Crippen molar-refractivity contribution in [3.8, 4) is 0 Å². The molecule has 1 aromatic heterocycles. The third-order valence-electron chi connectivity index (χ3n) is 2.47. The Hall–Kier alpha value is -0.640. The molecule has 0 unspecified atom stereocenters. The summed E-state index contributed by atoms with van der Waals surface area (Å²) < 4.78 is 0.834. The maximum absolute atomic E-state index is 4.24. The molecule has 14 heavy (non-hydrogen) atoms. The Morgan fingerprint density at radius 1 is 1.36 bits per heavy atom. The van der Waals surface area contributed by atoms with Crippen molar-refractivity contribution in [2.24, 2.45) is 0 Å². The first-order chi connectivity index (χ1) is 6.69. The standard InChI is InChI=1S/C10H16BrN3/c1-4-8(5-2)14(3)10-6-9(11)12-7-13-10/h6-8H,4-5H2,1-3H3. The molecular weight excluding hydrogens is 242 g/mol. The van der Waals surface area contributed by atoms with Gasteiger partial charge in [-0.05, 0) is 28.8 Å². The minimum atomic E-state index is 0.553. The molecule has 1 aromatic rings. The van der Waals surface area contributed by atoms with Crippen LogP contribution in [0.5, 0.6) is 0 Å². The predicted molar refractivity (Wildman–Crippen MR) is 62.5 cm³/mol. The van der Waals surface area contributed by atoms with Gasteiger partial charge in [-0.15, -0.1) is 0 Å². The number of nitrogens with zero attached hydrogens (tertiary/aromatic N) is 3. The molecule has 4 heteroatoms. The first-order valence-corrected chi connectivity index (χ1v) is 5.68. The number of rotatable bonds is 4. The summed E-state index contributed by atoms with van der Waals surface area (Å²) in [4.78, 5) is 10.5. The third kappa shape index (κ3) is 2.67. The van der Waals surface area contributed by atoms with E-state index in [2.05, 4.69) is 51.7 Å². The van der Waals surface area contributed by atoms with Gasteiger partial charge in [-0.1, -0.05) is 13.8 Å². The highest BCUT2D eigenvalue weighted by molar-refractivity contribution is 9.10. The van der Waals surface area contributed by atoms with E-state index < -0.39 is 0 Å². The molecule has 0 aliphatic carbocycles. The average Bonchev–Trinajstić information content (AvgIpc) is 2.19. The molecular formula is C10H16BrN3. The molecule has 3 nitrogen and oxygen atoms in total. The molecule has 0 N–H and O–H groups in total. The molecule has 0 aromatic carbocycles. The Labute approximate surface area is 93.7 Å². The van der Waals surface area contributed by atoms with Crippen LogP contribution in [0.1, 0.15) is 26.7 Å². The summed E-state index contributed by atoms with van der Waals surface area (Å²) in [5, 5.41) is 0. The van der Waals surface area contributed by atoms with E-state index in [-0.39, 0.29) is 0 Å². The summed E-state index contributed by atoms with van der Waals surface area (Å²) in [6.07, 6.45) is 3.85. The fourth-order valence-electron chi connectivity index (χ4n) is 1.54. The van der Waals surface area contributed by atoms with Crippen LogP contribution in [0.2, 0.25) is 0 Å². The van der Waals surface area contributed by atoms with Gasteiger partial charge in [0, 0.05) is 19.2 Å². The second-order valence-electron chi connectivity index (χ2n) is 3.28. The van der Waals surface area contributed by atoms with Crippen molar-refractivity contribution in [3.05, 3.63) is 17.0 Å². The van der Waals surface area contributed by atoms with E-state index in [1.807, 2.05) is 6.07 Å². The van der Waals surface area contributed by atoms with Gasteiger partial charge in [0.2, 0.25) is 0 Å². The highest BCUT2D eigenvalue weighted by Gasteiger charge is 2.12. The lowest BCUT2D eigenvalue weighted by Gasteiger charge is -2.27. The molecule has 1 rings (SSSR count). The van der Waals surface area contributed by atoms with E-state index in [4.69, 9.17) is 0 Å². The Balaban J connectivity index is 2.82. The molecule has 0 spiro atoms. The number of halogens is 1. The minimum Gasteiger partial charge on any atom is -0.357 e. The molecule has 78 valence electrons. The fourth-order valence-corrected chi connectivity index (χ4v) is 1.84. The lowest BCUT2D eigenvalue weighted by molar-refractivity contribution is 0.586. The lowest BCUT2D eigenvalue weighted by Crippen LogP contribution is -2.31. The van der Waals surface area contributed by atoms with Crippen molar-refractivity contribution < 1.29 is 0 Å². The molecule has 0 bridgehead atoms. The summed E-state index contributed by atoms with van der Waals surface area (Å²) in [6.45, 7) is 4.39. The molecule has 1 heterocycles. The number of aromatic nitrogens is 2. The van der Waals surface area contributed by atoms with Crippen molar-refractivity contribution in [2.75, 3.05) is 11.9 Å². The quantitative estimate of drug-likeness (QED) is 0.777. The van der Waals surface area contributed by atoms with Crippen molar-refractivity contribution in [2.45, 2.75) is 32.7 Å². The Morgan fingerprint density at radius 2 is 2.00 bits per heavy atom. The summed E-state index contributed by atoms with van der Waals surface area (Å²) >= 11 is 3.35. The molecule has 0 aliphatic heterocycles. The minimum absolute atomic E-state index is 0.553. The normalized spacial score (nSPS) is 10.6. The van der Waals surface area contributed by atoms with Crippen LogP contribution in [0.4, 0.5) is 5.82 Å². The highest BCUT2D eigenvalue weighted by atomic mass is 79.9. The van der Waals surface area contributed by atoms with E-state index in [1.165, 1.54) is 0 Å². The maximum Gasteiger partial charge on any atom is 0.133 e. The zero-order chi connectivity index (χ0) is 10.6. The van der Waals surface area contributed by atoms with Crippen LogP contribution in [-0.4, -0.2) is 23.1 Å². The summed E-state index contributed by atoms with van der Waals surface area (Å²) in [5.74, 6) is 0.973. The van der Waals surface area contributed by atoms with E-state index >= 15 is 0 Å². The van der Waals surface area contributed by atoms with Gasteiger partial charge in [0.15, 0.2) is 0 Å². The SMILES string of the molecule is CCC(CC)N(C)c1cc(Br)ncn1. The summed E-state index contributed by atoms with van der Waals surface area (Å²) in [5.41, 5.74) is 0. The second-order valence-corrected chi connectivity index (χ2v) is 4.09. The van der Waals surface area contributed by atoms with Crippen molar-refractivity contribution >= 4 is 21.7 Å². The topological polar surface area (TPSA) is 29.0 Å². The molecule has 0 amide bonds. The molecule has 0 saturated carbocycles. The van der Waals surface area contributed by atoms with Gasteiger partial charge in [0.1, 0.15) is 16.7 Å². The largest absolute Gasteiger partial charge is 0.357 e. The molecule has 0 radical (unpaired) electrons. The van der Waals surface area contributed by atoms with E-state index in [9.17, 15) is 0 Å². The highest BCUT2D eigenvalue weighted by Crippen LogP contribution is 2.18. The molecule has 0 atom stereocenters. The van der Waals surface area contributed by atoms with Gasteiger partial charge >= 0.3 is 0 Å². The van der Waals surface area contributed by atoms with Crippen molar-refractivity contribution in [1.82, 2.24) is 9.97 Å². The van der Waals surface area contributed by atoms with Gasteiger partial charge in [-0.25, -0.2) is 9.97 Å². The van der Waals surface area contributed by atoms with Gasteiger partial charge in [0.25, 0.3) is 0 Å². The van der Waals surface area contributed by atoms with Crippen LogP contribution in [-0.2, 0) is 0 Å². The van der Waals surface area contributed by atoms with Gasteiger partial charge in [-0.2, -0.15) is 0 Å². The number of anilines is 1. The predicted octanol–water partition coefficient (Wildman–Crippen LogP) is 2.86. The first-order valence-electron chi connectivity index (χ1n) is 4.89. The van der Waals surface area contributed by atoms with Crippen LogP contribution >= 0.6 is 15.9 Å². The fraction of sp³-hybridized carbons (Fsp3) is 0.600. The zero-order valence-electron chi connectivity index (χ0n) is 8.87. The Morgan fingerprint density at radius 3 is 2.50 bits per heavy atom. The molecule has 0 aliphatic rings. The monoisotopic (exact) mass is 257 g/mol. The second kappa shape index (κ2) is 5.29. The van der Waals surface area contributed by atoms with Crippen LogP contribution < -0.4 is 4.90 Å². The van der Waals surface area contributed by atoms with Crippen LogP contribution in [0.3, 0.4) is 0 Å². The maximum atomic E-state index is 4.24. The Bertz CT molecular complexity index is 286. The summed E-state index contributed by atoms with van der Waals surface area (Å²) in [6, 6.07) is 2.50. The van der Waals surface area contributed by atoms with E-state index in [1.54, 1.807) is 6.33 Å². The Kier molecular flexibility index (Phi) is 4.32. The first kappa shape index (κ1) is 11.4. The van der Waals surface area contributed by atoms with E-state index in [0.29, 0.717) is 6.04 Å². The van der Waals surface area contributed by atoms with Gasteiger partial charge in [-0.3, -0.25) is 0 Å². The number of hydrogen-bond donors (Lipinski definition) is 0. The summed E-state index contributed by atoms with van der Waals surface area (Å²) in [7, 11) is 2.08. The van der Waals surface area contributed by atoms with Gasteiger partial charge < -0.3 is 4.90 Å². The van der Waals surface area contributed by atoms with Crippen molar-refractivity contribution in [1.29, 1.82) is 0 Å². The van der Waals surface area contributed by atoms with Crippen LogP contribution in [0, 0.1) is 0 Å². The van der Waals surface area contributed by atoms with Crippen molar-refractivity contribution in [3.63, 3.8) is 0 Å². The average molecular weight is 258 g/mol. The zero-order valence-corrected chi connectivity index (χ0v) is 10.5. The lowest BCUT2D eigenvalue weighted by atomic mass is 10.1. The molecule has 0 saturated heterocycles. The third-order valence-corrected chi connectivity index (χ3v) is 2.90. The van der Waals surface area contributed by atoms with Gasteiger partial charge in [0.05, 0.1) is 0 Å². The smallest absolute Gasteiger partial charge is 0.133 e. The van der Waals surface area contributed by atoms with Crippen LogP contribution in [0.25, 0.3) is 0 Å². The number of hydrogen-bond acceptors (Lipinski definition) is 3. The van der Waals surface area contributed by atoms with Crippen LogP contribution in [0.15, 0.2) is 17.0 Å². The molecule has 0 fully saturated rings. The van der Waals surface area contributed by atoms with E-state index in [0.717, 1.165) is 23.3 Å².